The Kier molecular flexibility index (Phi) is 7.36. The van der Waals surface area contributed by atoms with Gasteiger partial charge in [-0.05, 0) is 38.5 Å². The molecule has 0 amide bonds. The lowest BCUT2D eigenvalue weighted by atomic mass is 10.2. The molecule has 0 saturated heterocycles. The van der Waals surface area contributed by atoms with Gasteiger partial charge in [-0.25, -0.2) is 4.99 Å². The van der Waals surface area contributed by atoms with Crippen molar-refractivity contribution in [1.82, 2.24) is 10.6 Å². The van der Waals surface area contributed by atoms with Gasteiger partial charge in [0.25, 0.3) is 0 Å². The number of aliphatic imine (C=N–C) groups is 1. The van der Waals surface area contributed by atoms with E-state index in [1.165, 1.54) is 0 Å². The van der Waals surface area contributed by atoms with E-state index < -0.39 is 0 Å². The Balaban J connectivity index is 2.95. The molecular weight excluding hydrogens is 334 g/mol. The van der Waals surface area contributed by atoms with Crippen LogP contribution in [0.3, 0.4) is 0 Å². The van der Waals surface area contributed by atoms with Crippen molar-refractivity contribution < 1.29 is 9.47 Å². The highest BCUT2D eigenvalue weighted by Gasteiger charge is 2.09. The normalized spacial score (nSPS) is 11.5. The van der Waals surface area contributed by atoms with Crippen LogP contribution < -0.4 is 20.1 Å². The van der Waals surface area contributed by atoms with Crippen molar-refractivity contribution in [2.75, 3.05) is 20.8 Å². The maximum Gasteiger partial charge on any atom is 0.191 e. The van der Waals surface area contributed by atoms with Gasteiger partial charge in [-0.2, -0.15) is 0 Å². The third-order valence-electron chi connectivity index (χ3n) is 2.73. The molecule has 0 atom stereocenters. The second kappa shape index (κ2) is 8.77. The van der Waals surface area contributed by atoms with Crippen LogP contribution >= 0.6 is 15.9 Å². The van der Waals surface area contributed by atoms with Crippen molar-refractivity contribution >= 4 is 21.9 Å². The molecule has 6 heteroatoms. The highest BCUT2D eigenvalue weighted by atomic mass is 79.9. The van der Waals surface area contributed by atoms with Crippen LogP contribution in [0.2, 0.25) is 0 Å². The Morgan fingerprint density at radius 3 is 2.38 bits per heavy atom. The Labute approximate surface area is 135 Å². The Morgan fingerprint density at radius 1 is 1.24 bits per heavy atom. The van der Waals surface area contributed by atoms with Crippen LogP contribution in [0.4, 0.5) is 0 Å². The average Bonchev–Trinajstić information content (AvgIpc) is 2.45. The molecule has 0 aromatic heterocycles. The number of benzene rings is 1. The third kappa shape index (κ3) is 5.46. The van der Waals surface area contributed by atoms with Gasteiger partial charge in [0.1, 0.15) is 0 Å². The van der Waals surface area contributed by atoms with Gasteiger partial charge in [0, 0.05) is 17.1 Å². The quantitative estimate of drug-likeness (QED) is 0.607. The van der Waals surface area contributed by atoms with Crippen molar-refractivity contribution in [3.63, 3.8) is 0 Å². The van der Waals surface area contributed by atoms with Crippen LogP contribution in [0.25, 0.3) is 0 Å². The standard InChI is InChI=1S/C15H24BrN3O2/c1-6-17-15(19-10(2)3)18-9-11-7-13(20-4)14(21-5)8-12(11)16/h7-8,10H,6,9H2,1-5H3,(H2,17,18,19). The highest BCUT2D eigenvalue weighted by Crippen LogP contribution is 2.33. The molecule has 118 valence electrons. The Morgan fingerprint density at radius 2 is 1.86 bits per heavy atom. The summed E-state index contributed by atoms with van der Waals surface area (Å²) in [5, 5.41) is 6.51. The number of hydrogen-bond acceptors (Lipinski definition) is 3. The van der Waals surface area contributed by atoms with Crippen LogP contribution in [0, 0.1) is 0 Å². The molecule has 0 heterocycles. The number of guanidine groups is 1. The average molecular weight is 358 g/mol. The van der Waals surface area contributed by atoms with E-state index in [1.54, 1.807) is 14.2 Å². The number of methoxy groups -OCH3 is 2. The van der Waals surface area contributed by atoms with Crippen LogP contribution in [-0.2, 0) is 6.54 Å². The monoisotopic (exact) mass is 357 g/mol. The topological polar surface area (TPSA) is 54.9 Å². The van der Waals surface area contributed by atoms with E-state index in [1.807, 2.05) is 19.1 Å². The predicted molar refractivity (Wildman–Crippen MR) is 90.3 cm³/mol. The second-order valence-electron chi connectivity index (χ2n) is 4.79. The van der Waals surface area contributed by atoms with Gasteiger partial charge in [0.15, 0.2) is 17.5 Å². The summed E-state index contributed by atoms with van der Waals surface area (Å²) in [7, 11) is 3.25. The number of nitrogens with zero attached hydrogens (tertiary/aromatic N) is 1. The van der Waals surface area contributed by atoms with Crippen molar-refractivity contribution in [2.45, 2.75) is 33.4 Å². The van der Waals surface area contributed by atoms with E-state index in [0.717, 1.165) is 22.5 Å². The molecule has 0 saturated carbocycles. The van der Waals surface area contributed by atoms with E-state index in [9.17, 15) is 0 Å². The first-order chi connectivity index (χ1) is 10.0. The molecule has 2 N–H and O–H groups in total. The maximum atomic E-state index is 5.33. The number of halogens is 1. The summed E-state index contributed by atoms with van der Waals surface area (Å²) in [5.41, 5.74) is 1.04. The molecule has 0 aliphatic heterocycles. The van der Waals surface area contributed by atoms with Gasteiger partial charge in [0.2, 0.25) is 0 Å². The first-order valence-electron chi connectivity index (χ1n) is 6.97. The summed E-state index contributed by atoms with van der Waals surface area (Å²) in [6.07, 6.45) is 0. The molecule has 0 spiro atoms. The van der Waals surface area contributed by atoms with E-state index in [4.69, 9.17) is 9.47 Å². The summed E-state index contributed by atoms with van der Waals surface area (Å²) < 4.78 is 11.5. The summed E-state index contributed by atoms with van der Waals surface area (Å²) in [4.78, 5) is 4.58. The number of hydrogen-bond donors (Lipinski definition) is 2. The van der Waals surface area contributed by atoms with Crippen molar-refractivity contribution in [1.29, 1.82) is 0 Å². The lowest BCUT2D eigenvalue weighted by Gasteiger charge is -2.15. The van der Waals surface area contributed by atoms with E-state index in [0.29, 0.717) is 24.1 Å². The number of ether oxygens (including phenoxy) is 2. The lowest BCUT2D eigenvalue weighted by molar-refractivity contribution is 0.354. The van der Waals surface area contributed by atoms with E-state index >= 15 is 0 Å². The Hall–Kier alpha value is -1.43. The Bertz CT molecular complexity index is 490. The summed E-state index contributed by atoms with van der Waals surface area (Å²) in [6, 6.07) is 4.16. The van der Waals surface area contributed by atoms with Crippen LogP contribution in [0.5, 0.6) is 11.5 Å². The van der Waals surface area contributed by atoms with Gasteiger partial charge in [-0.3, -0.25) is 0 Å². The minimum atomic E-state index is 0.330. The fraction of sp³-hybridized carbons (Fsp3) is 0.533. The fourth-order valence-electron chi connectivity index (χ4n) is 1.78. The fourth-order valence-corrected chi connectivity index (χ4v) is 2.22. The molecule has 21 heavy (non-hydrogen) atoms. The molecule has 1 rings (SSSR count). The molecule has 0 aliphatic carbocycles. The molecule has 0 fully saturated rings. The predicted octanol–water partition coefficient (Wildman–Crippen LogP) is 2.93. The SMILES string of the molecule is CCNC(=NCc1cc(OC)c(OC)cc1Br)NC(C)C. The highest BCUT2D eigenvalue weighted by molar-refractivity contribution is 9.10. The number of nitrogens with one attached hydrogen (secondary N) is 2. The molecular formula is C15H24BrN3O2. The zero-order chi connectivity index (χ0) is 15.8. The maximum absolute atomic E-state index is 5.33. The molecule has 0 aliphatic rings. The zero-order valence-corrected chi connectivity index (χ0v) is 14.9. The van der Waals surface area contributed by atoms with Gasteiger partial charge >= 0.3 is 0 Å². The smallest absolute Gasteiger partial charge is 0.191 e. The van der Waals surface area contributed by atoms with Crippen molar-refractivity contribution in [3.05, 3.63) is 22.2 Å². The second-order valence-corrected chi connectivity index (χ2v) is 5.65. The van der Waals surface area contributed by atoms with Gasteiger partial charge in [-0.15, -0.1) is 0 Å². The first kappa shape index (κ1) is 17.6. The minimum Gasteiger partial charge on any atom is -0.493 e. The molecule has 0 radical (unpaired) electrons. The van der Waals surface area contributed by atoms with Gasteiger partial charge in [0.05, 0.1) is 20.8 Å². The molecule has 1 aromatic carbocycles. The van der Waals surface area contributed by atoms with Crippen molar-refractivity contribution in [3.8, 4) is 11.5 Å². The first-order valence-corrected chi connectivity index (χ1v) is 7.76. The molecule has 0 unspecified atom stereocenters. The summed E-state index contributed by atoms with van der Waals surface area (Å²) >= 11 is 3.55. The van der Waals surface area contributed by atoms with Crippen molar-refractivity contribution in [2.24, 2.45) is 4.99 Å². The van der Waals surface area contributed by atoms with Crippen LogP contribution in [0.1, 0.15) is 26.3 Å². The third-order valence-corrected chi connectivity index (χ3v) is 3.47. The largest absolute Gasteiger partial charge is 0.493 e. The molecule has 5 nitrogen and oxygen atoms in total. The molecule has 0 bridgehead atoms. The minimum absolute atomic E-state index is 0.330. The van der Waals surface area contributed by atoms with Gasteiger partial charge in [-0.1, -0.05) is 15.9 Å². The summed E-state index contributed by atoms with van der Waals surface area (Å²) in [5.74, 6) is 2.20. The van der Waals surface area contributed by atoms with E-state index in [-0.39, 0.29) is 0 Å². The van der Waals surface area contributed by atoms with E-state index in [2.05, 4.69) is 45.4 Å². The zero-order valence-electron chi connectivity index (χ0n) is 13.3. The van der Waals surface area contributed by atoms with Crippen LogP contribution in [-0.4, -0.2) is 32.8 Å². The molecule has 1 aromatic rings. The van der Waals surface area contributed by atoms with Gasteiger partial charge < -0.3 is 20.1 Å². The van der Waals surface area contributed by atoms with Crippen LogP contribution in [0.15, 0.2) is 21.6 Å². The lowest BCUT2D eigenvalue weighted by Crippen LogP contribution is -2.41. The number of rotatable bonds is 6. The summed E-state index contributed by atoms with van der Waals surface area (Å²) in [6.45, 7) is 7.58.